The number of aliphatic hydroxyl groups is 11. The summed E-state index contributed by atoms with van der Waals surface area (Å²) in [4.78, 5) is 14.1. The van der Waals surface area contributed by atoms with E-state index in [1.165, 1.54) is 0 Å². The maximum Gasteiger partial charge on any atom is 0.314 e. The fraction of sp³-hybridized carbons (Fsp3) is 0.921. The number of hydrogen-bond acceptors (Lipinski definition) is 18. The molecule has 2 bridgehead atoms. The van der Waals surface area contributed by atoms with Gasteiger partial charge in [0.2, 0.25) is 6.29 Å². The van der Waals surface area contributed by atoms with E-state index in [-0.39, 0.29) is 22.7 Å². The van der Waals surface area contributed by atoms with Crippen LogP contribution in [0.1, 0.15) is 71.6 Å². The molecule has 7 fully saturated rings. The molecule has 1 spiro atoms. The van der Waals surface area contributed by atoms with Gasteiger partial charge in [0.05, 0.1) is 30.8 Å². The van der Waals surface area contributed by atoms with Gasteiger partial charge in [-0.25, -0.2) is 0 Å². The van der Waals surface area contributed by atoms with Gasteiger partial charge in [-0.3, -0.25) is 4.79 Å². The monoisotopic (exact) mass is 804 g/mol. The zero-order chi connectivity index (χ0) is 40.7. The van der Waals surface area contributed by atoms with Gasteiger partial charge in [0.1, 0.15) is 73.2 Å². The molecule has 0 amide bonds. The van der Waals surface area contributed by atoms with Crippen molar-refractivity contribution in [3.8, 4) is 0 Å². The first kappa shape index (κ1) is 42.7. The van der Waals surface area contributed by atoms with Gasteiger partial charge in [0.15, 0.2) is 12.6 Å². The summed E-state index contributed by atoms with van der Waals surface area (Å²) in [6.45, 7) is 6.52. The highest BCUT2D eigenvalue weighted by molar-refractivity contribution is 5.77. The highest BCUT2D eigenvalue weighted by Gasteiger charge is 2.69. The Morgan fingerprint density at radius 2 is 1.21 bits per heavy atom. The fourth-order valence-electron chi connectivity index (χ4n) is 12.0. The summed E-state index contributed by atoms with van der Waals surface area (Å²) in [7, 11) is 0. The molecule has 18 heteroatoms. The number of rotatable bonds is 9. The van der Waals surface area contributed by atoms with Crippen molar-refractivity contribution in [1.29, 1.82) is 0 Å². The third-order valence-corrected chi connectivity index (χ3v) is 15.0. The van der Waals surface area contributed by atoms with Gasteiger partial charge in [0.25, 0.3) is 0 Å². The van der Waals surface area contributed by atoms with Gasteiger partial charge < -0.3 is 84.6 Å². The number of esters is 1. The molecule has 4 aliphatic carbocycles. The normalized spacial score (nSPS) is 54.6. The Labute approximate surface area is 324 Å². The quantitative estimate of drug-likeness (QED) is 0.0631. The van der Waals surface area contributed by atoms with Crippen LogP contribution in [0, 0.1) is 28.1 Å². The molecule has 18 nitrogen and oxygen atoms in total. The average Bonchev–Trinajstić information content (AvgIpc) is 3.37. The van der Waals surface area contributed by atoms with E-state index < -0.39 is 129 Å². The van der Waals surface area contributed by atoms with Crippen LogP contribution < -0.4 is 0 Å². The standard InChI is InChI=1S/C38H60O18/c1-16-11-37-9-5-20-35(2,7-4-8-36(20,3)34(50)55-32-29(49)26(46)23(43)18(13-40)52-32)21(37)6-10-38(16,15-37)56-33-30(27(47)24(44)19(14-41)53-33)54-31-28(48)25(45)22(42)17(12-39)51-31/h17-33,39-49H,1,4-15H2,2-3H3/t17?,18?,19?,20?,21-,22?,23?,24?,25?,26?,27?,28?,29?,30?,31?,32?,33?,35+,36+,37+,38-/m0/s1. The van der Waals surface area contributed by atoms with Crippen molar-refractivity contribution in [3.63, 3.8) is 0 Å². The van der Waals surface area contributed by atoms with Crippen LogP contribution in [-0.4, -0.2) is 180 Å². The highest BCUT2D eigenvalue weighted by Crippen LogP contribution is 2.73. The third kappa shape index (κ3) is 6.69. The maximum absolute atomic E-state index is 14.1. The van der Waals surface area contributed by atoms with E-state index in [1.54, 1.807) is 0 Å². The van der Waals surface area contributed by atoms with Crippen LogP contribution in [0.2, 0.25) is 0 Å². The molecule has 11 N–H and O–H groups in total. The number of ether oxygens (including phenoxy) is 6. The van der Waals surface area contributed by atoms with Crippen molar-refractivity contribution in [2.75, 3.05) is 19.8 Å². The molecule has 0 aromatic heterocycles. The highest BCUT2D eigenvalue weighted by atomic mass is 16.8. The molecule has 0 aromatic rings. The number of carbonyl (C=O) groups is 1. The molecule has 7 rings (SSSR count). The predicted octanol–water partition coefficient (Wildman–Crippen LogP) is -2.94. The largest absolute Gasteiger partial charge is 0.432 e. The van der Waals surface area contributed by atoms with Crippen molar-refractivity contribution >= 4 is 5.97 Å². The molecular weight excluding hydrogens is 744 g/mol. The topological polar surface area (TPSA) is 295 Å². The minimum absolute atomic E-state index is 0.121. The fourth-order valence-corrected chi connectivity index (χ4v) is 12.0. The smallest absolute Gasteiger partial charge is 0.314 e. The van der Waals surface area contributed by atoms with Crippen LogP contribution in [-0.2, 0) is 33.2 Å². The first-order valence-electron chi connectivity index (χ1n) is 19.9. The Hall–Kier alpha value is -1.43. The summed E-state index contributed by atoms with van der Waals surface area (Å²) >= 11 is 0. The average molecular weight is 805 g/mol. The van der Waals surface area contributed by atoms with Gasteiger partial charge in [-0.05, 0) is 86.5 Å². The summed E-state index contributed by atoms with van der Waals surface area (Å²) in [5.41, 5.74) is -1.80. The summed E-state index contributed by atoms with van der Waals surface area (Å²) in [5.74, 6) is -0.591. The number of hydrogen-bond donors (Lipinski definition) is 11. The molecule has 3 saturated heterocycles. The van der Waals surface area contributed by atoms with Crippen molar-refractivity contribution < 1.29 is 89.4 Å². The Kier molecular flexibility index (Phi) is 11.9. The summed E-state index contributed by atoms with van der Waals surface area (Å²) in [5, 5.41) is 114. The maximum atomic E-state index is 14.1. The number of carbonyl (C=O) groups excluding carboxylic acids is 1. The molecule has 0 aromatic carbocycles. The summed E-state index contributed by atoms with van der Waals surface area (Å²) in [6.07, 6.45) is -17.8. The van der Waals surface area contributed by atoms with Crippen molar-refractivity contribution in [2.45, 2.75) is 169 Å². The van der Waals surface area contributed by atoms with Crippen LogP contribution in [0.25, 0.3) is 0 Å². The predicted molar refractivity (Wildman–Crippen MR) is 186 cm³/mol. The Bertz CT molecular complexity index is 1450. The van der Waals surface area contributed by atoms with E-state index in [4.69, 9.17) is 28.4 Å². The SMILES string of the molecule is C=C1C[C@@]23CCC4[C@](C)(C(=O)OC5OC(CO)C(O)C(O)C5O)CCC[C@@]4(C)[C@@H]2CC[C@]1(OC1OC(CO)C(O)C(O)C1OC1OC(CO)C(O)C(O)C1O)C3. The lowest BCUT2D eigenvalue weighted by Gasteiger charge is -2.64. The van der Waals surface area contributed by atoms with Crippen LogP contribution in [0.5, 0.6) is 0 Å². The number of aliphatic hydroxyl groups excluding tert-OH is 11. The van der Waals surface area contributed by atoms with Gasteiger partial charge >= 0.3 is 5.97 Å². The lowest BCUT2D eigenvalue weighted by Crippen LogP contribution is -2.65. The van der Waals surface area contributed by atoms with E-state index in [0.717, 1.165) is 18.4 Å². The van der Waals surface area contributed by atoms with Crippen molar-refractivity contribution in [3.05, 3.63) is 12.2 Å². The Morgan fingerprint density at radius 1 is 0.679 bits per heavy atom. The molecule has 56 heavy (non-hydrogen) atoms. The van der Waals surface area contributed by atoms with E-state index in [0.29, 0.717) is 44.9 Å². The Balaban J connectivity index is 1.10. The molecule has 320 valence electrons. The molecule has 21 atom stereocenters. The van der Waals surface area contributed by atoms with Gasteiger partial charge in [-0.15, -0.1) is 0 Å². The zero-order valence-corrected chi connectivity index (χ0v) is 31.8. The van der Waals surface area contributed by atoms with E-state index in [2.05, 4.69) is 13.5 Å². The van der Waals surface area contributed by atoms with Crippen LogP contribution in [0.3, 0.4) is 0 Å². The third-order valence-electron chi connectivity index (χ3n) is 15.0. The molecule has 7 aliphatic rings. The number of fused-ring (bicyclic) bond motifs is 3. The van der Waals surface area contributed by atoms with Gasteiger partial charge in [-0.2, -0.15) is 0 Å². The summed E-state index contributed by atoms with van der Waals surface area (Å²) < 4.78 is 35.6. The Morgan fingerprint density at radius 3 is 1.82 bits per heavy atom. The van der Waals surface area contributed by atoms with E-state index in [9.17, 15) is 61.0 Å². The van der Waals surface area contributed by atoms with Crippen molar-refractivity contribution in [1.82, 2.24) is 0 Å². The first-order valence-corrected chi connectivity index (χ1v) is 19.9. The lowest BCUT2D eigenvalue weighted by molar-refractivity contribution is -0.378. The second-order valence-corrected chi connectivity index (χ2v) is 18.0. The van der Waals surface area contributed by atoms with Gasteiger partial charge in [-0.1, -0.05) is 19.9 Å². The molecule has 3 heterocycles. The van der Waals surface area contributed by atoms with E-state index >= 15 is 0 Å². The van der Waals surface area contributed by atoms with Crippen LogP contribution in [0.15, 0.2) is 12.2 Å². The van der Waals surface area contributed by atoms with Gasteiger partial charge in [0, 0.05) is 0 Å². The van der Waals surface area contributed by atoms with E-state index in [1.807, 2.05) is 6.92 Å². The minimum Gasteiger partial charge on any atom is -0.432 e. The second-order valence-electron chi connectivity index (χ2n) is 18.0. The second kappa shape index (κ2) is 15.6. The van der Waals surface area contributed by atoms with Crippen LogP contribution in [0.4, 0.5) is 0 Å². The van der Waals surface area contributed by atoms with Crippen molar-refractivity contribution in [2.24, 2.45) is 28.1 Å². The van der Waals surface area contributed by atoms with Crippen LogP contribution >= 0.6 is 0 Å². The molecule has 4 saturated carbocycles. The lowest BCUT2D eigenvalue weighted by atomic mass is 9.41. The zero-order valence-electron chi connectivity index (χ0n) is 31.8. The molecule has 16 unspecified atom stereocenters. The molecule has 3 aliphatic heterocycles. The first-order chi connectivity index (χ1) is 26.4. The molecule has 0 radical (unpaired) electrons. The minimum atomic E-state index is -1.81. The molecular formula is C38H60O18. The summed E-state index contributed by atoms with van der Waals surface area (Å²) in [6, 6.07) is 0.